The maximum atomic E-state index is 14.2. The highest BCUT2D eigenvalue weighted by Gasteiger charge is 2.33. The summed E-state index contributed by atoms with van der Waals surface area (Å²) in [5.41, 5.74) is -0.331. The molecule has 7 heteroatoms. The third kappa shape index (κ3) is 3.41. The van der Waals surface area contributed by atoms with E-state index in [1.54, 1.807) is 24.1 Å². The zero-order valence-electron chi connectivity index (χ0n) is 13.7. The number of ether oxygens (including phenoxy) is 1. The minimum absolute atomic E-state index is 0.138. The maximum absolute atomic E-state index is 14.2. The molecular weight excluding hydrogens is 329 g/mol. The van der Waals surface area contributed by atoms with Crippen molar-refractivity contribution in [3.63, 3.8) is 0 Å². The van der Waals surface area contributed by atoms with Crippen molar-refractivity contribution in [3.05, 3.63) is 58.8 Å². The molecule has 1 unspecified atom stereocenters. The molecule has 0 saturated carbocycles. The summed E-state index contributed by atoms with van der Waals surface area (Å²) in [6.07, 6.45) is 1.51. The SMILES string of the molecule is COCc1ccc(C2CCCN2C(=O)c2ccc(C(=O)O)cc2F)o1. The van der Waals surface area contributed by atoms with Crippen molar-refractivity contribution in [1.82, 2.24) is 4.90 Å². The molecule has 1 fully saturated rings. The van der Waals surface area contributed by atoms with E-state index in [4.69, 9.17) is 14.3 Å². The Morgan fingerprint density at radius 1 is 1.36 bits per heavy atom. The number of carboxylic acid groups (broad SMARTS) is 1. The zero-order chi connectivity index (χ0) is 18.0. The lowest BCUT2D eigenvalue weighted by Crippen LogP contribution is -2.31. The normalized spacial score (nSPS) is 17.0. The highest BCUT2D eigenvalue weighted by Crippen LogP contribution is 2.34. The van der Waals surface area contributed by atoms with E-state index in [2.05, 4.69) is 0 Å². The molecular formula is C18H18FNO5. The van der Waals surface area contributed by atoms with Crippen LogP contribution in [0.4, 0.5) is 4.39 Å². The summed E-state index contributed by atoms with van der Waals surface area (Å²) in [5, 5.41) is 8.90. The molecule has 1 aliphatic rings. The molecule has 0 bridgehead atoms. The molecule has 1 N–H and O–H groups in total. The van der Waals surface area contributed by atoms with Crippen molar-refractivity contribution in [2.45, 2.75) is 25.5 Å². The Bertz CT molecular complexity index is 801. The molecule has 2 aromatic rings. The molecule has 25 heavy (non-hydrogen) atoms. The fraction of sp³-hybridized carbons (Fsp3) is 0.333. The van der Waals surface area contributed by atoms with Crippen molar-refractivity contribution in [1.29, 1.82) is 0 Å². The first-order valence-corrected chi connectivity index (χ1v) is 7.92. The fourth-order valence-corrected chi connectivity index (χ4v) is 3.08. The molecule has 1 aromatic heterocycles. The summed E-state index contributed by atoms with van der Waals surface area (Å²) in [7, 11) is 1.57. The molecule has 2 heterocycles. The van der Waals surface area contributed by atoms with Crippen molar-refractivity contribution >= 4 is 11.9 Å². The summed E-state index contributed by atoms with van der Waals surface area (Å²) in [6.45, 7) is 0.829. The van der Waals surface area contributed by atoms with Gasteiger partial charge in [-0.1, -0.05) is 0 Å². The highest BCUT2D eigenvalue weighted by atomic mass is 19.1. The van der Waals surface area contributed by atoms with E-state index in [0.29, 0.717) is 24.7 Å². The third-order valence-electron chi connectivity index (χ3n) is 4.26. The van der Waals surface area contributed by atoms with Crippen molar-refractivity contribution in [2.75, 3.05) is 13.7 Å². The predicted molar refractivity (Wildman–Crippen MR) is 85.8 cm³/mol. The summed E-state index contributed by atoms with van der Waals surface area (Å²) in [5.74, 6) is -1.25. The highest BCUT2D eigenvalue weighted by molar-refractivity contribution is 5.96. The number of benzene rings is 1. The quantitative estimate of drug-likeness (QED) is 0.898. The Balaban J connectivity index is 1.84. The van der Waals surface area contributed by atoms with E-state index in [1.807, 2.05) is 0 Å². The number of methoxy groups -OCH3 is 1. The number of carbonyl (C=O) groups is 2. The molecule has 0 radical (unpaired) electrons. The van der Waals surface area contributed by atoms with Gasteiger partial charge < -0.3 is 19.2 Å². The number of halogens is 1. The molecule has 1 aliphatic heterocycles. The van der Waals surface area contributed by atoms with Crippen LogP contribution in [0.2, 0.25) is 0 Å². The minimum atomic E-state index is -1.24. The van der Waals surface area contributed by atoms with E-state index in [-0.39, 0.29) is 17.2 Å². The van der Waals surface area contributed by atoms with Gasteiger partial charge in [-0.05, 0) is 43.2 Å². The number of amides is 1. The number of hydrogen-bond acceptors (Lipinski definition) is 4. The smallest absolute Gasteiger partial charge is 0.335 e. The fourth-order valence-electron chi connectivity index (χ4n) is 3.08. The second kappa shape index (κ2) is 7.06. The van der Waals surface area contributed by atoms with Crippen LogP contribution in [0.3, 0.4) is 0 Å². The number of hydrogen-bond donors (Lipinski definition) is 1. The number of furan rings is 1. The molecule has 1 saturated heterocycles. The van der Waals surface area contributed by atoms with Crippen LogP contribution < -0.4 is 0 Å². The monoisotopic (exact) mass is 347 g/mol. The van der Waals surface area contributed by atoms with E-state index in [9.17, 15) is 14.0 Å². The molecule has 1 amide bonds. The van der Waals surface area contributed by atoms with E-state index >= 15 is 0 Å². The number of likely N-dealkylation sites (tertiary alicyclic amines) is 1. The standard InChI is InChI=1S/C18H18FNO5/c1-24-10-12-5-7-16(25-12)15-3-2-8-20(15)17(21)13-6-4-11(18(22)23)9-14(13)19/h4-7,9,15H,2-3,8,10H2,1H3,(H,22,23). The van der Waals surface area contributed by atoms with Gasteiger partial charge in [0.05, 0.1) is 17.2 Å². The maximum Gasteiger partial charge on any atom is 0.335 e. The summed E-state index contributed by atoms with van der Waals surface area (Å²) < 4.78 is 24.9. The van der Waals surface area contributed by atoms with Gasteiger partial charge in [0.1, 0.15) is 23.9 Å². The summed E-state index contributed by atoms with van der Waals surface area (Å²) in [6, 6.07) is 6.64. The Morgan fingerprint density at radius 3 is 2.84 bits per heavy atom. The van der Waals surface area contributed by atoms with Gasteiger partial charge in [-0.25, -0.2) is 9.18 Å². The van der Waals surface area contributed by atoms with E-state index < -0.39 is 17.7 Å². The minimum Gasteiger partial charge on any atom is -0.478 e. The van der Waals surface area contributed by atoms with E-state index in [1.165, 1.54) is 12.1 Å². The summed E-state index contributed by atoms with van der Waals surface area (Å²) in [4.78, 5) is 25.2. The van der Waals surface area contributed by atoms with Gasteiger partial charge >= 0.3 is 5.97 Å². The Labute approximate surface area is 143 Å². The van der Waals surface area contributed by atoms with Crippen molar-refractivity contribution < 1.29 is 28.2 Å². The van der Waals surface area contributed by atoms with Crippen LogP contribution in [0.15, 0.2) is 34.7 Å². The molecule has 1 atom stereocenters. The van der Waals surface area contributed by atoms with Crippen LogP contribution in [0.1, 0.15) is 51.1 Å². The largest absolute Gasteiger partial charge is 0.478 e. The first kappa shape index (κ1) is 17.2. The van der Waals surface area contributed by atoms with Gasteiger partial charge in [-0.2, -0.15) is 0 Å². The van der Waals surface area contributed by atoms with Crippen LogP contribution in [0.5, 0.6) is 0 Å². The molecule has 3 rings (SSSR count). The number of aromatic carboxylic acids is 1. The van der Waals surface area contributed by atoms with Gasteiger partial charge in [-0.3, -0.25) is 4.79 Å². The topological polar surface area (TPSA) is 80.0 Å². The number of carbonyl (C=O) groups excluding carboxylic acids is 1. The second-order valence-electron chi connectivity index (χ2n) is 5.89. The third-order valence-corrected chi connectivity index (χ3v) is 4.26. The molecule has 0 spiro atoms. The number of rotatable bonds is 5. The van der Waals surface area contributed by atoms with E-state index in [0.717, 1.165) is 18.9 Å². The lowest BCUT2D eigenvalue weighted by atomic mass is 10.1. The van der Waals surface area contributed by atoms with Gasteiger partial charge in [0.25, 0.3) is 5.91 Å². The Morgan fingerprint density at radius 2 is 2.16 bits per heavy atom. The van der Waals surface area contributed by atoms with Crippen molar-refractivity contribution in [3.8, 4) is 0 Å². The first-order valence-electron chi connectivity index (χ1n) is 7.92. The second-order valence-corrected chi connectivity index (χ2v) is 5.89. The molecule has 132 valence electrons. The van der Waals surface area contributed by atoms with Crippen molar-refractivity contribution in [2.24, 2.45) is 0 Å². The molecule has 6 nitrogen and oxygen atoms in total. The van der Waals surface area contributed by atoms with Crippen LogP contribution in [-0.4, -0.2) is 35.5 Å². The van der Waals surface area contributed by atoms with Gasteiger partial charge in [0.15, 0.2) is 0 Å². The van der Waals surface area contributed by atoms with Crippen LogP contribution in [0.25, 0.3) is 0 Å². The number of carboxylic acids is 1. The van der Waals surface area contributed by atoms with Gasteiger partial charge in [-0.15, -0.1) is 0 Å². The van der Waals surface area contributed by atoms with Gasteiger partial charge in [0.2, 0.25) is 0 Å². The molecule has 1 aromatic carbocycles. The molecule has 0 aliphatic carbocycles. The van der Waals surface area contributed by atoms with Crippen LogP contribution in [-0.2, 0) is 11.3 Å². The first-order chi connectivity index (χ1) is 12.0. The predicted octanol–water partition coefficient (Wildman–Crippen LogP) is 3.24. The van der Waals surface area contributed by atoms with Crippen LogP contribution in [0, 0.1) is 5.82 Å². The number of nitrogens with zero attached hydrogens (tertiary/aromatic N) is 1. The zero-order valence-corrected chi connectivity index (χ0v) is 13.7. The summed E-state index contributed by atoms with van der Waals surface area (Å²) >= 11 is 0. The lowest BCUT2D eigenvalue weighted by molar-refractivity contribution is 0.0687. The Kier molecular flexibility index (Phi) is 4.85. The average molecular weight is 347 g/mol. The van der Waals surface area contributed by atoms with Crippen LogP contribution >= 0.6 is 0 Å². The Hall–Kier alpha value is -2.67. The lowest BCUT2D eigenvalue weighted by Gasteiger charge is -2.23. The average Bonchev–Trinajstić information content (AvgIpc) is 3.23. The van der Waals surface area contributed by atoms with Gasteiger partial charge in [0, 0.05) is 13.7 Å².